The van der Waals surface area contributed by atoms with Crippen molar-refractivity contribution in [1.29, 1.82) is 0 Å². The maximum atomic E-state index is 12.8. The number of aliphatic carboxylic acids is 1. The van der Waals surface area contributed by atoms with E-state index in [0.29, 0.717) is 21.7 Å². The largest absolute Gasteiger partial charge is 0.726 e. The minimum absolute atomic E-state index is 0.0914. The Hall–Kier alpha value is -3.10. The number of carboxylic acid groups (broad SMARTS) is 1. The number of allylic oxidation sites excluding steroid dienone is 2. The highest BCUT2D eigenvalue weighted by molar-refractivity contribution is 8.40. The van der Waals surface area contributed by atoms with Gasteiger partial charge >= 0.3 is 11.9 Å². The van der Waals surface area contributed by atoms with Crippen molar-refractivity contribution in [2.24, 2.45) is 0 Å². The Balaban J connectivity index is 0.000000505. The summed E-state index contributed by atoms with van der Waals surface area (Å²) >= 11 is 2.77. The number of carbonyl (C=O) groups is 2. The smallest absolute Gasteiger partial charge is 0.428 e. The molecule has 0 fully saturated rings. The first-order valence-corrected chi connectivity index (χ1v) is 14.6. The second-order valence-corrected chi connectivity index (χ2v) is 11.2. The van der Waals surface area contributed by atoms with Gasteiger partial charge in [-0.15, -0.1) is 4.58 Å². The van der Waals surface area contributed by atoms with Gasteiger partial charge in [0.05, 0.1) is 18.8 Å². The molecular formula is C25H26N2O8S3. The molecule has 2 aliphatic heterocycles. The highest BCUT2D eigenvalue weighted by atomic mass is 32.3. The Bertz CT molecular complexity index is 1370. The van der Waals surface area contributed by atoms with Crippen LogP contribution in [-0.2, 0) is 30.7 Å². The minimum Gasteiger partial charge on any atom is -0.726 e. The van der Waals surface area contributed by atoms with E-state index in [9.17, 15) is 22.6 Å². The normalized spacial score (nSPS) is 16.9. The van der Waals surface area contributed by atoms with Gasteiger partial charge in [-0.05, 0) is 54.2 Å². The molecule has 1 amide bonds. The number of thioether (sulfide) groups is 2. The van der Waals surface area contributed by atoms with E-state index in [1.165, 1.54) is 35.0 Å². The summed E-state index contributed by atoms with van der Waals surface area (Å²) in [5.74, 6) is 0.794. The van der Waals surface area contributed by atoms with Crippen molar-refractivity contribution in [1.82, 2.24) is 0 Å². The van der Waals surface area contributed by atoms with E-state index in [1.807, 2.05) is 49.4 Å². The SMILES string of the molecule is CCOS(=O)(=O)[O-].CCSC1=[N+](CC(=O)O)C(=O)/C(=C/C=C2\Oc3ccccc3N2Cc2ccccc2)S1. The van der Waals surface area contributed by atoms with Crippen LogP contribution in [0.5, 0.6) is 5.75 Å². The van der Waals surface area contributed by atoms with Gasteiger partial charge in [0.25, 0.3) is 4.38 Å². The summed E-state index contributed by atoms with van der Waals surface area (Å²) in [5.41, 5.74) is 2.10. The highest BCUT2D eigenvalue weighted by Gasteiger charge is 2.39. The summed E-state index contributed by atoms with van der Waals surface area (Å²) in [5, 5.41) is 9.16. The zero-order valence-electron chi connectivity index (χ0n) is 20.6. The molecular weight excluding hydrogens is 552 g/mol. The third-order valence-electron chi connectivity index (χ3n) is 4.89. The number of nitrogens with zero attached hydrogens (tertiary/aromatic N) is 2. The van der Waals surface area contributed by atoms with Crippen molar-refractivity contribution in [2.75, 3.05) is 23.8 Å². The van der Waals surface area contributed by atoms with Crippen molar-refractivity contribution in [3.8, 4) is 5.75 Å². The molecule has 0 unspecified atom stereocenters. The van der Waals surface area contributed by atoms with Crippen LogP contribution in [0.2, 0.25) is 0 Å². The van der Waals surface area contributed by atoms with Gasteiger partial charge in [0.1, 0.15) is 4.91 Å². The summed E-state index contributed by atoms with van der Waals surface area (Å²) in [4.78, 5) is 26.5. The number of anilines is 1. The molecule has 0 bridgehead atoms. The molecule has 0 aliphatic carbocycles. The fourth-order valence-electron chi connectivity index (χ4n) is 3.41. The Kier molecular flexibility index (Phi) is 10.6. The summed E-state index contributed by atoms with van der Waals surface area (Å²) in [7, 11) is -4.42. The van der Waals surface area contributed by atoms with E-state index in [1.54, 1.807) is 12.2 Å². The molecule has 38 heavy (non-hydrogen) atoms. The average Bonchev–Trinajstić information content (AvgIpc) is 3.35. The van der Waals surface area contributed by atoms with Crippen LogP contribution < -0.4 is 9.64 Å². The zero-order chi connectivity index (χ0) is 27.7. The molecule has 1 N–H and O–H groups in total. The molecule has 0 aromatic heterocycles. The minimum atomic E-state index is -4.42. The summed E-state index contributed by atoms with van der Waals surface area (Å²) in [6.45, 7) is 3.59. The number of amides is 1. The van der Waals surface area contributed by atoms with Crippen LogP contribution in [0.1, 0.15) is 19.4 Å². The second kappa shape index (κ2) is 13.6. The third kappa shape index (κ3) is 8.20. The maximum Gasteiger partial charge on any atom is 0.428 e. The second-order valence-electron chi connectivity index (χ2n) is 7.58. The van der Waals surface area contributed by atoms with Crippen LogP contribution in [-0.4, -0.2) is 57.8 Å². The van der Waals surface area contributed by atoms with E-state index in [2.05, 4.69) is 21.2 Å². The van der Waals surface area contributed by atoms with Crippen molar-refractivity contribution < 1.29 is 41.2 Å². The standard InChI is InChI=1S/C23H20N2O4S2.C2H6O4S/c1-2-30-23-25(15-21(26)27)22(28)19(31-23)12-13-20-24(14-16-8-4-3-5-9-16)17-10-6-7-11-18(17)29-20;1-2-6-7(3,4)5/h3-13H,2,14-15H2,1H3;2H2,1H3,(H,3,4,5)/b19-12-,20-13-;. The first-order chi connectivity index (χ1) is 18.1. The van der Waals surface area contributed by atoms with Crippen molar-refractivity contribution in [2.45, 2.75) is 20.4 Å². The molecule has 2 aliphatic rings. The van der Waals surface area contributed by atoms with E-state index >= 15 is 0 Å². The number of carboxylic acids is 1. The fraction of sp³-hybridized carbons (Fsp3) is 0.240. The van der Waals surface area contributed by atoms with E-state index < -0.39 is 16.4 Å². The number of hydrogen-bond donors (Lipinski definition) is 1. The van der Waals surface area contributed by atoms with Crippen molar-refractivity contribution in [3.05, 3.63) is 83.1 Å². The molecule has 0 saturated carbocycles. The van der Waals surface area contributed by atoms with Crippen LogP contribution in [0, 0.1) is 0 Å². The lowest BCUT2D eigenvalue weighted by Crippen LogP contribution is -2.26. The van der Waals surface area contributed by atoms with Crippen LogP contribution in [0.15, 0.2) is 77.5 Å². The molecule has 4 rings (SSSR count). The van der Waals surface area contributed by atoms with Crippen LogP contribution >= 0.6 is 23.5 Å². The van der Waals surface area contributed by atoms with Gasteiger partial charge in [0.15, 0.2) is 5.75 Å². The van der Waals surface area contributed by atoms with Gasteiger partial charge in [0, 0.05) is 11.8 Å². The molecule has 0 saturated heterocycles. The number of para-hydroxylation sites is 2. The quantitative estimate of drug-likeness (QED) is 0.212. The van der Waals surface area contributed by atoms with Crippen LogP contribution in [0.3, 0.4) is 0 Å². The molecule has 202 valence electrons. The number of carbonyl (C=O) groups excluding carboxylic acids is 1. The molecule has 0 radical (unpaired) electrons. The summed E-state index contributed by atoms with van der Waals surface area (Å²) < 4.78 is 40.1. The monoisotopic (exact) mass is 578 g/mol. The van der Waals surface area contributed by atoms with Crippen LogP contribution in [0.4, 0.5) is 5.69 Å². The topological polar surface area (TPSA) is 136 Å². The average molecular weight is 579 g/mol. The molecule has 2 heterocycles. The zero-order valence-corrected chi connectivity index (χ0v) is 23.1. The van der Waals surface area contributed by atoms with E-state index in [-0.39, 0.29) is 19.1 Å². The summed E-state index contributed by atoms with van der Waals surface area (Å²) in [6, 6.07) is 17.9. The third-order valence-corrected chi connectivity index (χ3v) is 7.70. The van der Waals surface area contributed by atoms with Gasteiger partial charge < -0.3 is 19.3 Å². The Morgan fingerprint density at radius 3 is 2.45 bits per heavy atom. The van der Waals surface area contributed by atoms with Gasteiger partial charge in [-0.3, -0.25) is 4.18 Å². The number of rotatable bonds is 8. The van der Waals surface area contributed by atoms with E-state index in [4.69, 9.17) is 9.84 Å². The van der Waals surface area contributed by atoms with Crippen molar-refractivity contribution >= 4 is 55.9 Å². The van der Waals surface area contributed by atoms with Gasteiger partial charge in [-0.2, -0.15) is 0 Å². The number of ether oxygens (including phenoxy) is 1. The lowest BCUT2D eigenvalue weighted by Gasteiger charge is -2.18. The highest BCUT2D eigenvalue weighted by Crippen LogP contribution is 2.40. The number of benzene rings is 2. The van der Waals surface area contributed by atoms with Crippen LogP contribution in [0.25, 0.3) is 0 Å². The summed E-state index contributed by atoms with van der Waals surface area (Å²) in [6.07, 6.45) is 3.49. The Morgan fingerprint density at radius 1 is 1.16 bits per heavy atom. The molecule has 10 nitrogen and oxygen atoms in total. The molecule has 0 atom stereocenters. The lowest BCUT2D eigenvalue weighted by molar-refractivity contribution is -0.429. The Morgan fingerprint density at radius 2 is 1.84 bits per heavy atom. The molecule has 2 aromatic rings. The Labute approximate surface area is 229 Å². The first kappa shape index (κ1) is 29.5. The fourth-order valence-corrected chi connectivity index (χ4v) is 5.89. The lowest BCUT2D eigenvalue weighted by atomic mass is 10.2. The van der Waals surface area contributed by atoms with Crippen molar-refractivity contribution in [3.63, 3.8) is 0 Å². The van der Waals surface area contributed by atoms with Gasteiger partial charge in [-0.1, -0.05) is 49.4 Å². The number of hydrogen-bond acceptors (Lipinski definition) is 10. The predicted molar refractivity (Wildman–Crippen MR) is 146 cm³/mol. The van der Waals surface area contributed by atoms with E-state index in [0.717, 1.165) is 22.8 Å². The van der Waals surface area contributed by atoms with Gasteiger partial charge in [0.2, 0.25) is 22.8 Å². The predicted octanol–water partition coefficient (Wildman–Crippen LogP) is 3.77. The molecule has 2 aromatic carbocycles. The maximum absolute atomic E-state index is 12.8. The molecule has 13 heteroatoms. The first-order valence-electron chi connectivity index (χ1n) is 11.4. The number of fused-ring (bicyclic) bond motifs is 1. The van der Waals surface area contributed by atoms with Gasteiger partial charge in [-0.25, -0.2) is 18.0 Å². The molecule has 0 spiro atoms.